The highest BCUT2D eigenvalue weighted by Gasteiger charge is 2.27. The topological polar surface area (TPSA) is 0 Å². The molecule has 0 aliphatic carbocycles. The van der Waals surface area contributed by atoms with Crippen LogP contribution in [0.1, 0.15) is 30.4 Å². The SMILES string of the molecule is Cl/C(=C\C[N+]1(C/C=C/Cc2ccccc2)CCCCC1)Cc1ccccc1. The van der Waals surface area contributed by atoms with Gasteiger partial charge in [0.2, 0.25) is 0 Å². The van der Waals surface area contributed by atoms with Gasteiger partial charge in [-0.3, -0.25) is 0 Å². The number of halogens is 1. The van der Waals surface area contributed by atoms with E-state index in [1.165, 1.54) is 43.5 Å². The lowest BCUT2D eigenvalue weighted by Gasteiger charge is -2.40. The fourth-order valence-corrected chi connectivity index (χ4v) is 4.13. The van der Waals surface area contributed by atoms with Crippen molar-refractivity contribution >= 4 is 11.6 Å². The van der Waals surface area contributed by atoms with Gasteiger partial charge in [0, 0.05) is 11.5 Å². The van der Waals surface area contributed by atoms with Gasteiger partial charge in [-0.05, 0) is 49.0 Å². The van der Waals surface area contributed by atoms with Gasteiger partial charge in [-0.15, -0.1) is 0 Å². The molecule has 0 spiro atoms. The molecule has 27 heavy (non-hydrogen) atoms. The molecule has 1 saturated heterocycles. The van der Waals surface area contributed by atoms with Gasteiger partial charge in [-0.25, -0.2) is 0 Å². The molecule has 0 unspecified atom stereocenters. The lowest BCUT2D eigenvalue weighted by Crippen LogP contribution is -2.51. The van der Waals surface area contributed by atoms with E-state index in [0.717, 1.165) is 35.4 Å². The maximum atomic E-state index is 6.57. The molecular weight excluding hydrogens is 350 g/mol. The van der Waals surface area contributed by atoms with Crippen molar-refractivity contribution in [3.8, 4) is 0 Å². The first-order chi connectivity index (χ1) is 13.3. The van der Waals surface area contributed by atoms with Gasteiger partial charge in [-0.1, -0.05) is 78.3 Å². The Kier molecular flexibility index (Phi) is 7.74. The molecule has 0 amide bonds. The molecule has 1 aliphatic heterocycles. The Morgan fingerprint density at radius 2 is 1.41 bits per heavy atom. The predicted molar refractivity (Wildman–Crippen MR) is 117 cm³/mol. The molecule has 1 heterocycles. The van der Waals surface area contributed by atoms with Crippen LogP contribution in [0, 0.1) is 0 Å². The maximum absolute atomic E-state index is 6.57. The molecule has 1 aliphatic rings. The highest BCUT2D eigenvalue weighted by Crippen LogP contribution is 2.21. The first-order valence-electron chi connectivity index (χ1n) is 10.2. The molecule has 2 aromatic rings. The van der Waals surface area contributed by atoms with E-state index < -0.39 is 0 Å². The first-order valence-corrected chi connectivity index (χ1v) is 10.6. The van der Waals surface area contributed by atoms with E-state index in [4.69, 9.17) is 11.6 Å². The van der Waals surface area contributed by atoms with Gasteiger partial charge in [0.05, 0.1) is 26.2 Å². The Bertz CT molecular complexity index is 727. The maximum Gasteiger partial charge on any atom is 0.0990 e. The lowest BCUT2D eigenvalue weighted by atomic mass is 10.1. The number of hydrogen-bond donors (Lipinski definition) is 0. The standard InChI is InChI=1S/C25H31ClN/c26-25(22-24-15-6-2-7-16-24)17-21-27(18-9-3-10-19-27)20-11-8-14-23-12-4-1-5-13-23/h1-2,4-8,11-13,15-17H,3,9-10,14,18-22H2/q+1/b11-8+,25-17-. The average Bonchev–Trinajstić information content (AvgIpc) is 2.72. The summed E-state index contributed by atoms with van der Waals surface area (Å²) in [6, 6.07) is 21.2. The van der Waals surface area contributed by atoms with Gasteiger partial charge in [0.25, 0.3) is 0 Å². The van der Waals surface area contributed by atoms with Crippen LogP contribution in [-0.4, -0.2) is 30.7 Å². The summed E-state index contributed by atoms with van der Waals surface area (Å²) in [5.41, 5.74) is 2.66. The number of likely N-dealkylation sites (tertiary alicyclic amines) is 1. The van der Waals surface area contributed by atoms with Crippen LogP contribution in [0.2, 0.25) is 0 Å². The number of nitrogens with zero attached hydrogens (tertiary/aromatic N) is 1. The van der Waals surface area contributed by atoms with Crippen molar-refractivity contribution in [2.24, 2.45) is 0 Å². The van der Waals surface area contributed by atoms with E-state index in [9.17, 15) is 0 Å². The van der Waals surface area contributed by atoms with Crippen molar-refractivity contribution < 1.29 is 4.48 Å². The highest BCUT2D eigenvalue weighted by molar-refractivity contribution is 6.29. The predicted octanol–water partition coefficient (Wildman–Crippen LogP) is 6.15. The fraction of sp³-hybridized carbons (Fsp3) is 0.360. The monoisotopic (exact) mass is 380 g/mol. The first kappa shape index (κ1) is 19.9. The zero-order chi connectivity index (χ0) is 18.8. The number of allylic oxidation sites excluding steroid dienone is 2. The van der Waals surface area contributed by atoms with Gasteiger partial charge in [-0.2, -0.15) is 0 Å². The molecule has 0 bridgehead atoms. The van der Waals surface area contributed by atoms with Crippen LogP contribution < -0.4 is 0 Å². The molecule has 2 aromatic carbocycles. The molecular formula is C25H31ClN+. The molecule has 0 atom stereocenters. The van der Waals surface area contributed by atoms with Gasteiger partial charge < -0.3 is 4.48 Å². The summed E-state index contributed by atoms with van der Waals surface area (Å²) >= 11 is 6.57. The quantitative estimate of drug-likeness (QED) is 0.380. The van der Waals surface area contributed by atoms with E-state index in [2.05, 4.69) is 78.9 Å². The van der Waals surface area contributed by atoms with Crippen LogP contribution in [0.4, 0.5) is 0 Å². The second kappa shape index (κ2) is 10.5. The van der Waals surface area contributed by atoms with Crippen LogP contribution in [0.3, 0.4) is 0 Å². The van der Waals surface area contributed by atoms with E-state index >= 15 is 0 Å². The summed E-state index contributed by atoms with van der Waals surface area (Å²) in [6.07, 6.45) is 12.9. The van der Waals surface area contributed by atoms with Gasteiger partial charge in [0.15, 0.2) is 0 Å². The Morgan fingerprint density at radius 1 is 0.778 bits per heavy atom. The minimum Gasteiger partial charge on any atom is -0.317 e. The molecule has 2 heteroatoms. The number of quaternary nitrogens is 1. The number of hydrogen-bond acceptors (Lipinski definition) is 0. The summed E-state index contributed by atoms with van der Waals surface area (Å²) in [5.74, 6) is 0. The zero-order valence-electron chi connectivity index (χ0n) is 16.2. The van der Waals surface area contributed by atoms with Crippen LogP contribution in [-0.2, 0) is 12.8 Å². The van der Waals surface area contributed by atoms with Crippen molar-refractivity contribution in [2.45, 2.75) is 32.1 Å². The Balaban J connectivity index is 1.57. The second-order valence-electron chi connectivity index (χ2n) is 7.69. The second-order valence-corrected chi connectivity index (χ2v) is 8.17. The van der Waals surface area contributed by atoms with E-state index in [0.29, 0.717) is 0 Å². The van der Waals surface area contributed by atoms with Crippen molar-refractivity contribution in [3.63, 3.8) is 0 Å². The lowest BCUT2D eigenvalue weighted by molar-refractivity contribution is -0.921. The molecule has 0 saturated carbocycles. The van der Waals surface area contributed by atoms with Crippen LogP contribution in [0.5, 0.6) is 0 Å². The van der Waals surface area contributed by atoms with Crippen LogP contribution in [0.25, 0.3) is 0 Å². The number of piperidine rings is 1. The van der Waals surface area contributed by atoms with Crippen molar-refractivity contribution in [3.05, 3.63) is 95.1 Å². The third-order valence-corrected chi connectivity index (χ3v) is 5.82. The largest absolute Gasteiger partial charge is 0.317 e. The minimum atomic E-state index is 0.840. The van der Waals surface area contributed by atoms with Crippen molar-refractivity contribution in [1.29, 1.82) is 0 Å². The van der Waals surface area contributed by atoms with E-state index in [1.807, 2.05) is 0 Å². The van der Waals surface area contributed by atoms with Crippen LogP contribution in [0.15, 0.2) is 83.9 Å². The zero-order valence-corrected chi connectivity index (χ0v) is 17.0. The third kappa shape index (κ3) is 6.68. The number of rotatable bonds is 8. The molecule has 0 radical (unpaired) electrons. The van der Waals surface area contributed by atoms with Gasteiger partial charge in [0.1, 0.15) is 0 Å². The van der Waals surface area contributed by atoms with E-state index in [-0.39, 0.29) is 0 Å². The summed E-state index contributed by atoms with van der Waals surface area (Å²) < 4.78 is 1.15. The van der Waals surface area contributed by atoms with Crippen molar-refractivity contribution in [2.75, 3.05) is 26.2 Å². The third-order valence-electron chi connectivity index (χ3n) is 5.54. The average molecular weight is 381 g/mol. The molecule has 1 nitrogen and oxygen atoms in total. The number of benzene rings is 2. The van der Waals surface area contributed by atoms with Crippen LogP contribution >= 0.6 is 11.6 Å². The summed E-state index contributed by atoms with van der Waals surface area (Å²) in [7, 11) is 0. The minimum absolute atomic E-state index is 0.840. The summed E-state index contributed by atoms with van der Waals surface area (Å²) in [6.45, 7) is 4.68. The smallest absolute Gasteiger partial charge is 0.0990 e. The molecule has 1 fully saturated rings. The summed E-state index contributed by atoms with van der Waals surface area (Å²) in [4.78, 5) is 0. The molecule has 142 valence electrons. The fourth-order valence-electron chi connectivity index (χ4n) is 3.91. The van der Waals surface area contributed by atoms with Crippen molar-refractivity contribution in [1.82, 2.24) is 0 Å². The molecule has 3 rings (SSSR count). The molecule has 0 aromatic heterocycles. The summed E-state index contributed by atoms with van der Waals surface area (Å²) in [5, 5.41) is 0.970. The Labute approximate surface area is 169 Å². The Hall–Kier alpha value is -1.83. The van der Waals surface area contributed by atoms with E-state index in [1.54, 1.807) is 0 Å². The Morgan fingerprint density at radius 3 is 2.07 bits per heavy atom. The van der Waals surface area contributed by atoms with Gasteiger partial charge >= 0.3 is 0 Å². The molecule has 0 N–H and O–H groups in total. The highest BCUT2D eigenvalue weighted by atomic mass is 35.5. The normalized spacial score (nSPS) is 17.3.